The minimum atomic E-state index is -1.06. The maximum atomic E-state index is 11.1. The highest BCUT2D eigenvalue weighted by atomic mass is 16.4. The van der Waals surface area contributed by atoms with Gasteiger partial charge < -0.3 is 15.3 Å². The number of likely N-dealkylation sites (tertiary alicyclic amines) is 1. The SMILES string of the molecule is CN1CCC(NC(=O)O)CC1=O. The molecule has 0 saturated carbocycles. The number of carbonyl (C=O) groups excluding carboxylic acids is 1. The molecule has 1 unspecified atom stereocenters. The molecule has 1 aliphatic heterocycles. The number of carbonyl (C=O) groups is 2. The molecule has 1 aliphatic rings. The first-order chi connectivity index (χ1) is 5.59. The summed E-state index contributed by atoms with van der Waals surface area (Å²) < 4.78 is 0. The number of hydrogen-bond donors (Lipinski definition) is 2. The predicted octanol–water partition coefficient (Wildman–Crippen LogP) is -0.125. The third-order valence-corrected chi connectivity index (χ3v) is 1.99. The van der Waals surface area contributed by atoms with Gasteiger partial charge in [0.2, 0.25) is 5.91 Å². The third-order valence-electron chi connectivity index (χ3n) is 1.99. The summed E-state index contributed by atoms with van der Waals surface area (Å²) in [5, 5.41) is 10.7. The highest BCUT2D eigenvalue weighted by Gasteiger charge is 2.23. The molecule has 1 saturated heterocycles. The summed E-state index contributed by atoms with van der Waals surface area (Å²) in [6.07, 6.45) is -0.0745. The zero-order valence-corrected chi connectivity index (χ0v) is 6.91. The molecule has 1 rings (SSSR count). The second-order valence-electron chi connectivity index (χ2n) is 2.95. The van der Waals surface area contributed by atoms with Crippen LogP contribution in [0.4, 0.5) is 4.79 Å². The van der Waals surface area contributed by atoms with Crippen LogP contribution in [0.15, 0.2) is 0 Å². The van der Waals surface area contributed by atoms with E-state index in [0.717, 1.165) is 0 Å². The van der Waals surface area contributed by atoms with Crippen LogP contribution in [0.5, 0.6) is 0 Å². The zero-order valence-electron chi connectivity index (χ0n) is 6.91. The molecule has 1 heterocycles. The van der Waals surface area contributed by atoms with Crippen molar-refractivity contribution in [2.24, 2.45) is 0 Å². The average molecular weight is 172 g/mol. The molecule has 1 atom stereocenters. The molecule has 0 aromatic heterocycles. The van der Waals surface area contributed by atoms with E-state index in [1.54, 1.807) is 11.9 Å². The van der Waals surface area contributed by atoms with Gasteiger partial charge in [-0.05, 0) is 6.42 Å². The molecule has 0 aliphatic carbocycles. The summed E-state index contributed by atoms with van der Waals surface area (Å²) in [6.45, 7) is 0.629. The monoisotopic (exact) mass is 172 g/mol. The Labute approximate surface area is 70.4 Å². The lowest BCUT2D eigenvalue weighted by atomic mass is 10.1. The number of hydrogen-bond acceptors (Lipinski definition) is 2. The number of carboxylic acid groups (broad SMARTS) is 1. The van der Waals surface area contributed by atoms with Crippen molar-refractivity contribution >= 4 is 12.0 Å². The van der Waals surface area contributed by atoms with Crippen molar-refractivity contribution in [2.75, 3.05) is 13.6 Å². The quantitative estimate of drug-likeness (QED) is 0.579. The molecule has 1 fully saturated rings. The molecule has 0 radical (unpaired) electrons. The Bertz CT molecular complexity index is 205. The maximum Gasteiger partial charge on any atom is 0.404 e. The van der Waals surface area contributed by atoms with Gasteiger partial charge in [-0.1, -0.05) is 0 Å². The summed E-state index contributed by atoms with van der Waals surface area (Å²) in [6, 6.07) is -0.203. The van der Waals surface area contributed by atoms with Gasteiger partial charge in [0.25, 0.3) is 0 Å². The summed E-state index contributed by atoms with van der Waals surface area (Å²) in [5.41, 5.74) is 0. The molecule has 0 aromatic carbocycles. The predicted molar refractivity (Wildman–Crippen MR) is 41.8 cm³/mol. The van der Waals surface area contributed by atoms with Gasteiger partial charge in [0.05, 0.1) is 0 Å². The Hall–Kier alpha value is -1.26. The maximum absolute atomic E-state index is 11.1. The normalized spacial score (nSPS) is 23.9. The van der Waals surface area contributed by atoms with Crippen molar-refractivity contribution in [1.29, 1.82) is 0 Å². The lowest BCUT2D eigenvalue weighted by Crippen LogP contribution is -2.45. The van der Waals surface area contributed by atoms with Crippen molar-refractivity contribution in [3.8, 4) is 0 Å². The highest BCUT2D eigenvalue weighted by molar-refractivity contribution is 5.78. The first-order valence-corrected chi connectivity index (χ1v) is 3.83. The number of amides is 2. The van der Waals surface area contributed by atoms with E-state index in [9.17, 15) is 9.59 Å². The highest BCUT2D eigenvalue weighted by Crippen LogP contribution is 2.09. The lowest BCUT2D eigenvalue weighted by Gasteiger charge is -2.28. The van der Waals surface area contributed by atoms with Crippen LogP contribution in [0.2, 0.25) is 0 Å². The minimum absolute atomic E-state index is 0.000000000000000222. The number of rotatable bonds is 1. The van der Waals surface area contributed by atoms with Crippen molar-refractivity contribution in [3.05, 3.63) is 0 Å². The summed E-state index contributed by atoms with van der Waals surface area (Å²) in [4.78, 5) is 22.9. The van der Waals surface area contributed by atoms with E-state index in [2.05, 4.69) is 5.32 Å². The van der Waals surface area contributed by atoms with Crippen molar-refractivity contribution in [2.45, 2.75) is 18.9 Å². The molecule has 0 spiro atoms. The van der Waals surface area contributed by atoms with E-state index in [1.165, 1.54) is 0 Å². The van der Waals surface area contributed by atoms with E-state index in [4.69, 9.17) is 5.11 Å². The Balaban J connectivity index is 2.40. The van der Waals surface area contributed by atoms with E-state index in [-0.39, 0.29) is 18.4 Å². The molecular weight excluding hydrogens is 160 g/mol. The molecule has 2 N–H and O–H groups in total. The molecule has 68 valence electrons. The molecule has 5 nitrogen and oxygen atoms in total. The van der Waals surface area contributed by atoms with Crippen LogP contribution in [0.3, 0.4) is 0 Å². The second-order valence-corrected chi connectivity index (χ2v) is 2.95. The largest absolute Gasteiger partial charge is 0.465 e. The Morgan fingerprint density at radius 1 is 1.75 bits per heavy atom. The number of piperidine rings is 1. The molecule has 5 heteroatoms. The average Bonchev–Trinajstić information content (AvgIpc) is 1.96. The summed E-state index contributed by atoms with van der Waals surface area (Å²) in [7, 11) is 1.72. The van der Waals surface area contributed by atoms with E-state index >= 15 is 0 Å². The van der Waals surface area contributed by atoms with Gasteiger partial charge in [0, 0.05) is 26.1 Å². The minimum Gasteiger partial charge on any atom is -0.465 e. The second kappa shape index (κ2) is 3.42. The van der Waals surface area contributed by atoms with Crippen LogP contribution in [0.1, 0.15) is 12.8 Å². The third kappa shape index (κ3) is 2.11. The van der Waals surface area contributed by atoms with Crippen LogP contribution in [0, 0.1) is 0 Å². The molecular formula is C7H12N2O3. The van der Waals surface area contributed by atoms with Crippen LogP contribution < -0.4 is 5.32 Å². The van der Waals surface area contributed by atoms with Gasteiger partial charge in [-0.2, -0.15) is 0 Å². The van der Waals surface area contributed by atoms with Crippen LogP contribution in [0.25, 0.3) is 0 Å². The van der Waals surface area contributed by atoms with Crippen LogP contribution in [-0.2, 0) is 4.79 Å². The molecule has 2 amide bonds. The van der Waals surface area contributed by atoms with Gasteiger partial charge in [-0.25, -0.2) is 4.79 Å². The van der Waals surface area contributed by atoms with Gasteiger partial charge in [0.15, 0.2) is 0 Å². The lowest BCUT2D eigenvalue weighted by molar-refractivity contribution is -0.132. The summed E-state index contributed by atoms with van der Waals surface area (Å²) in [5.74, 6) is 0.000000000000000222. The van der Waals surface area contributed by atoms with E-state index in [0.29, 0.717) is 13.0 Å². The van der Waals surface area contributed by atoms with Gasteiger partial charge in [-0.15, -0.1) is 0 Å². The van der Waals surface area contributed by atoms with Crippen LogP contribution in [-0.4, -0.2) is 41.6 Å². The standard InChI is InChI=1S/C7H12N2O3/c1-9-3-2-5(4-6(9)10)8-7(11)12/h5,8H,2-4H2,1H3,(H,11,12). The fourth-order valence-corrected chi connectivity index (χ4v) is 1.24. The fraction of sp³-hybridized carbons (Fsp3) is 0.714. The smallest absolute Gasteiger partial charge is 0.404 e. The van der Waals surface area contributed by atoms with Crippen molar-refractivity contribution in [3.63, 3.8) is 0 Å². The van der Waals surface area contributed by atoms with Crippen molar-refractivity contribution < 1.29 is 14.7 Å². The Kier molecular flexibility index (Phi) is 2.52. The van der Waals surface area contributed by atoms with Gasteiger partial charge in [0.1, 0.15) is 0 Å². The first kappa shape index (κ1) is 8.83. The van der Waals surface area contributed by atoms with E-state index < -0.39 is 6.09 Å². The fourth-order valence-electron chi connectivity index (χ4n) is 1.24. The van der Waals surface area contributed by atoms with Crippen molar-refractivity contribution in [1.82, 2.24) is 10.2 Å². The van der Waals surface area contributed by atoms with Crippen LogP contribution >= 0.6 is 0 Å². The topological polar surface area (TPSA) is 69.6 Å². The molecule has 0 bridgehead atoms. The molecule has 12 heavy (non-hydrogen) atoms. The Morgan fingerprint density at radius 3 is 2.92 bits per heavy atom. The summed E-state index contributed by atoms with van der Waals surface area (Å²) >= 11 is 0. The first-order valence-electron chi connectivity index (χ1n) is 3.83. The van der Waals surface area contributed by atoms with Gasteiger partial charge >= 0.3 is 6.09 Å². The molecule has 0 aromatic rings. The number of nitrogens with one attached hydrogen (secondary N) is 1. The van der Waals surface area contributed by atoms with E-state index in [1.807, 2.05) is 0 Å². The zero-order chi connectivity index (χ0) is 9.14. The Morgan fingerprint density at radius 2 is 2.42 bits per heavy atom. The number of nitrogens with zero attached hydrogens (tertiary/aromatic N) is 1. The van der Waals surface area contributed by atoms with Gasteiger partial charge in [-0.3, -0.25) is 4.79 Å².